The van der Waals surface area contributed by atoms with Crippen LogP contribution < -0.4 is 5.73 Å². The molecule has 78 valence electrons. The third-order valence-corrected chi connectivity index (χ3v) is 2.07. The second-order valence-corrected chi connectivity index (χ2v) is 3.13. The molecular weight excluding hydrogens is 200 g/mol. The minimum atomic E-state index is -2.44. The fraction of sp³-hybridized carbons (Fsp3) is 0.100. The van der Waals surface area contributed by atoms with E-state index in [1.165, 1.54) is 12.1 Å². The number of nitrogens with two attached hydrogens (primary N) is 1. The summed E-state index contributed by atoms with van der Waals surface area (Å²) in [7, 11) is 0. The van der Waals surface area contributed by atoms with Crippen molar-refractivity contribution in [2.45, 2.75) is 6.43 Å². The maximum absolute atomic E-state index is 12.3. The van der Waals surface area contributed by atoms with Gasteiger partial charge in [-0.25, -0.2) is 8.78 Å². The summed E-state index contributed by atoms with van der Waals surface area (Å²) in [5, 5.41) is 6.46. The smallest absolute Gasteiger partial charge is 0.263 e. The lowest BCUT2D eigenvalue weighted by Crippen LogP contribution is -1.84. The molecule has 0 atom stereocenters. The summed E-state index contributed by atoms with van der Waals surface area (Å²) in [6, 6.07) is 7.63. The zero-order chi connectivity index (χ0) is 10.8. The van der Waals surface area contributed by atoms with E-state index in [-0.39, 0.29) is 5.56 Å². The summed E-state index contributed by atoms with van der Waals surface area (Å²) < 4.78 is 24.5. The van der Waals surface area contributed by atoms with Crippen molar-refractivity contribution in [3.63, 3.8) is 0 Å². The van der Waals surface area contributed by atoms with Crippen LogP contribution in [-0.4, -0.2) is 10.2 Å². The van der Waals surface area contributed by atoms with Crippen molar-refractivity contribution in [1.29, 1.82) is 0 Å². The number of hydrogen-bond donors (Lipinski definition) is 2. The van der Waals surface area contributed by atoms with E-state index in [1.54, 1.807) is 18.2 Å². The summed E-state index contributed by atoms with van der Waals surface area (Å²) in [6.45, 7) is 0. The number of H-pyrrole nitrogens is 1. The highest BCUT2D eigenvalue weighted by Gasteiger charge is 2.07. The molecule has 0 unspecified atom stereocenters. The Hall–Kier alpha value is -1.91. The van der Waals surface area contributed by atoms with Gasteiger partial charge in [0.15, 0.2) is 0 Å². The van der Waals surface area contributed by atoms with E-state index in [0.717, 1.165) is 5.56 Å². The predicted molar refractivity (Wildman–Crippen MR) is 53.4 cm³/mol. The second kappa shape index (κ2) is 3.68. The molecule has 0 radical (unpaired) electrons. The molecule has 0 bridgehead atoms. The second-order valence-electron chi connectivity index (χ2n) is 3.13. The molecule has 0 saturated heterocycles. The van der Waals surface area contributed by atoms with Crippen LogP contribution in [0.15, 0.2) is 30.3 Å². The number of alkyl halides is 2. The van der Waals surface area contributed by atoms with E-state index < -0.39 is 6.43 Å². The predicted octanol–water partition coefficient (Wildman–Crippen LogP) is 2.60. The number of anilines is 1. The molecule has 1 aromatic carbocycles. The van der Waals surface area contributed by atoms with E-state index in [0.29, 0.717) is 11.5 Å². The SMILES string of the molecule is Nc1cc(-c2ccc(C(F)F)cc2)[nH]n1. The molecule has 5 heteroatoms. The number of hydrogen-bond acceptors (Lipinski definition) is 2. The summed E-state index contributed by atoms with van der Waals surface area (Å²) in [5.74, 6) is 0.378. The maximum Gasteiger partial charge on any atom is 0.263 e. The van der Waals surface area contributed by atoms with Crippen LogP contribution in [0.4, 0.5) is 14.6 Å². The van der Waals surface area contributed by atoms with Gasteiger partial charge in [0, 0.05) is 11.6 Å². The minimum absolute atomic E-state index is 0.00578. The first-order valence-electron chi connectivity index (χ1n) is 4.36. The number of aromatic amines is 1. The Balaban J connectivity index is 2.31. The van der Waals surface area contributed by atoms with Gasteiger partial charge in [0.1, 0.15) is 5.82 Å². The third kappa shape index (κ3) is 1.96. The molecule has 0 saturated carbocycles. The summed E-state index contributed by atoms with van der Waals surface area (Å²) in [4.78, 5) is 0. The lowest BCUT2D eigenvalue weighted by atomic mass is 10.1. The largest absolute Gasteiger partial charge is 0.382 e. The highest BCUT2D eigenvalue weighted by Crippen LogP contribution is 2.23. The van der Waals surface area contributed by atoms with Gasteiger partial charge in [-0.1, -0.05) is 24.3 Å². The lowest BCUT2D eigenvalue weighted by molar-refractivity contribution is 0.151. The van der Waals surface area contributed by atoms with Gasteiger partial charge in [0.2, 0.25) is 0 Å². The number of rotatable bonds is 2. The number of aromatic nitrogens is 2. The average Bonchev–Trinajstić information content (AvgIpc) is 2.65. The number of benzene rings is 1. The van der Waals surface area contributed by atoms with Gasteiger partial charge in [0.05, 0.1) is 5.69 Å². The van der Waals surface area contributed by atoms with Crippen molar-refractivity contribution in [1.82, 2.24) is 10.2 Å². The van der Waals surface area contributed by atoms with Gasteiger partial charge in [-0.2, -0.15) is 5.10 Å². The van der Waals surface area contributed by atoms with Crippen LogP contribution in [0.3, 0.4) is 0 Å². The van der Waals surface area contributed by atoms with Crippen LogP contribution in [0.25, 0.3) is 11.3 Å². The van der Waals surface area contributed by atoms with Gasteiger partial charge in [-0.05, 0) is 5.56 Å². The van der Waals surface area contributed by atoms with E-state index in [2.05, 4.69) is 10.2 Å². The van der Waals surface area contributed by atoms with Gasteiger partial charge in [-0.15, -0.1) is 0 Å². The van der Waals surface area contributed by atoms with Gasteiger partial charge < -0.3 is 5.73 Å². The summed E-state index contributed by atoms with van der Waals surface area (Å²) >= 11 is 0. The van der Waals surface area contributed by atoms with Crippen molar-refractivity contribution >= 4 is 5.82 Å². The molecule has 2 rings (SSSR count). The van der Waals surface area contributed by atoms with Gasteiger partial charge in [-0.3, -0.25) is 5.10 Å². The summed E-state index contributed by atoms with van der Waals surface area (Å²) in [5.41, 5.74) is 6.93. The van der Waals surface area contributed by atoms with E-state index in [9.17, 15) is 8.78 Å². The standard InChI is InChI=1S/C10H9F2N3/c11-10(12)7-3-1-6(2-4-7)8-5-9(13)15-14-8/h1-5,10H,(H3,13,14,15). The molecule has 0 fully saturated rings. The first-order chi connectivity index (χ1) is 7.16. The Morgan fingerprint density at radius 3 is 2.33 bits per heavy atom. The van der Waals surface area contributed by atoms with Crippen molar-refractivity contribution < 1.29 is 8.78 Å². The molecule has 15 heavy (non-hydrogen) atoms. The molecule has 3 nitrogen and oxygen atoms in total. The lowest BCUT2D eigenvalue weighted by Gasteiger charge is -2.00. The molecular formula is C10H9F2N3. The van der Waals surface area contributed by atoms with Crippen molar-refractivity contribution in [2.24, 2.45) is 0 Å². The van der Waals surface area contributed by atoms with Gasteiger partial charge in [0.25, 0.3) is 6.43 Å². The Morgan fingerprint density at radius 2 is 1.87 bits per heavy atom. The fourth-order valence-corrected chi connectivity index (χ4v) is 1.29. The molecule has 1 heterocycles. The molecule has 1 aromatic heterocycles. The van der Waals surface area contributed by atoms with E-state index in [4.69, 9.17) is 5.73 Å². The normalized spacial score (nSPS) is 10.9. The Bertz CT molecular complexity index is 448. The van der Waals surface area contributed by atoms with E-state index in [1.807, 2.05) is 0 Å². The Labute approximate surface area is 84.9 Å². The van der Waals surface area contributed by atoms with Crippen LogP contribution in [-0.2, 0) is 0 Å². The molecule has 0 spiro atoms. The van der Waals surface area contributed by atoms with Crippen LogP contribution in [0.5, 0.6) is 0 Å². The number of halogens is 2. The minimum Gasteiger partial charge on any atom is -0.382 e. The molecule has 3 N–H and O–H groups in total. The van der Waals surface area contributed by atoms with Crippen LogP contribution in [0.2, 0.25) is 0 Å². The fourth-order valence-electron chi connectivity index (χ4n) is 1.29. The highest BCUT2D eigenvalue weighted by atomic mass is 19.3. The zero-order valence-corrected chi connectivity index (χ0v) is 7.74. The Kier molecular flexibility index (Phi) is 2.37. The number of nitrogens with zero attached hydrogens (tertiary/aromatic N) is 1. The van der Waals surface area contributed by atoms with Crippen molar-refractivity contribution in [3.05, 3.63) is 35.9 Å². The summed E-state index contributed by atoms with van der Waals surface area (Å²) in [6.07, 6.45) is -2.44. The third-order valence-electron chi connectivity index (χ3n) is 2.07. The average molecular weight is 209 g/mol. The molecule has 0 aliphatic rings. The first-order valence-corrected chi connectivity index (χ1v) is 4.36. The van der Waals surface area contributed by atoms with Crippen LogP contribution >= 0.6 is 0 Å². The molecule has 0 amide bonds. The number of nitrogens with one attached hydrogen (secondary N) is 1. The quantitative estimate of drug-likeness (QED) is 0.798. The Morgan fingerprint density at radius 1 is 1.20 bits per heavy atom. The molecule has 0 aliphatic carbocycles. The molecule has 2 aromatic rings. The zero-order valence-electron chi connectivity index (χ0n) is 7.74. The monoisotopic (exact) mass is 209 g/mol. The van der Waals surface area contributed by atoms with Gasteiger partial charge >= 0.3 is 0 Å². The van der Waals surface area contributed by atoms with E-state index >= 15 is 0 Å². The van der Waals surface area contributed by atoms with Crippen LogP contribution in [0.1, 0.15) is 12.0 Å². The first kappa shape index (κ1) is 9.64. The maximum atomic E-state index is 12.3. The van der Waals surface area contributed by atoms with Crippen molar-refractivity contribution in [3.8, 4) is 11.3 Å². The molecule has 0 aliphatic heterocycles. The highest BCUT2D eigenvalue weighted by molar-refractivity contribution is 5.62. The topological polar surface area (TPSA) is 54.7 Å². The number of nitrogen functional groups attached to an aromatic ring is 1. The van der Waals surface area contributed by atoms with Crippen molar-refractivity contribution in [2.75, 3.05) is 5.73 Å². The van der Waals surface area contributed by atoms with Crippen LogP contribution in [0, 0.1) is 0 Å².